The number of rotatable bonds is 1. The predicted octanol–water partition coefficient (Wildman–Crippen LogP) is 2.76. The third-order valence-corrected chi connectivity index (χ3v) is 2.59. The lowest BCUT2D eigenvalue weighted by Crippen LogP contribution is -1.95. The minimum absolute atomic E-state index is 0.322. The largest absolute Gasteiger partial charge is 0.222 e. The van der Waals surface area contributed by atoms with Crippen LogP contribution in [0.4, 0.5) is 0 Å². The van der Waals surface area contributed by atoms with Crippen molar-refractivity contribution in [2.45, 2.75) is 20.3 Å². The van der Waals surface area contributed by atoms with Gasteiger partial charge in [0.15, 0.2) is 0 Å². The van der Waals surface area contributed by atoms with Crippen molar-refractivity contribution < 1.29 is 0 Å². The fourth-order valence-electron chi connectivity index (χ4n) is 0.816. The Bertz CT molecular complexity index is 275. The molecule has 0 fully saturated rings. The summed E-state index contributed by atoms with van der Waals surface area (Å²) in [5.41, 5.74) is 1.85. The van der Waals surface area contributed by atoms with Gasteiger partial charge in [0.25, 0.3) is 0 Å². The van der Waals surface area contributed by atoms with Gasteiger partial charge in [0.2, 0.25) is 5.28 Å². The van der Waals surface area contributed by atoms with E-state index in [-0.39, 0.29) is 0 Å². The summed E-state index contributed by atoms with van der Waals surface area (Å²) in [6, 6.07) is 0. The summed E-state index contributed by atoms with van der Waals surface area (Å²) in [6.07, 6.45) is 0.865. The van der Waals surface area contributed by atoms with Crippen LogP contribution in [0.15, 0.2) is 4.47 Å². The quantitative estimate of drug-likeness (QED) is 0.700. The van der Waals surface area contributed by atoms with E-state index in [2.05, 4.69) is 25.9 Å². The van der Waals surface area contributed by atoms with Crippen molar-refractivity contribution in [3.8, 4) is 0 Å². The predicted molar refractivity (Wildman–Crippen MR) is 48.9 cm³/mol. The van der Waals surface area contributed by atoms with Crippen LogP contribution in [0.2, 0.25) is 5.28 Å². The van der Waals surface area contributed by atoms with Gasteiger partial charge in [-0.1, -0.05) is 6.92 Å². The highest BCUT2D eigenvalue weighted by Gasteiger charge is 2.05. The van der Waals surface area contributed by atoms with Crippen LogP contribution >= 0.6 is 27.5 Å². The van der Waals surface area contributed by atoms with Crippen LogP contribution in [0, 0.1) is 6.92 Å². The van der Waals surface area contributed by atoms with Crippen molar-refractivity contribution in [1.29, 1.82) is 0 Å². The summed E-state index contributed by atoms with van der Waals surface area (Å²) in [7, 11) is 0. The lowest BCUT2D eigenvalue weighted by molar-refractivity contribution is 0.959. The van der Waals surface area contributed by atoms with E-state index in [1.54, 1.807) is 0 Å². The van der Waals surface area contributed by atoms with Crippen molar-refractivity contribution in [2.24, 2.45) is 0 Å². The second kappa shape index (κ2) is 3.50. The molecular formula is C7H8BrClN2. The molecule has 11 heavy (non-hydrogen) atoms. The number of hydrogen-bond acceptors (Lipinski definition) is 2. The summed E-state index contributed by atoms with van der Waals surface area (Å²) in [5, 5.41) is 0.322. The second-order valence-corrected chi connectivity index (χ2v) is 3.32. The van der Waals surface area contributed by atoms with Crippen molar-refractivity contribution in [2.75, 3.05) is 0 Å². The topological polar surface area (TPSA) is 25.8 Å². The Labute approximate surface area is 79.1 Å². The smallest absolute Gasteiger partial charge is 0.222 e. The number of aromatic nitrogens is 2. The van der Waals surface area contributed by atoms with Crippen LogP contribution in [0.25, 0.3) is 0 Å². The molecule has 1 aromatic heterocycles. The first kappa shape index (κ1) is 8.94. The van der Waals surface area contributed by atoms with Gasteiger partial charge in [-0.2, -0.15) is 0 Å². The Morgan fingerprint density at radius 3 is 2.64 bits per heavy atom. The Hall–Kier alpha value is -0.150. The van der Waals surface area contributed by atoms with Gasteiger partial charge in [0, 0.05) is 0 Å². The number of nitrogens with zero attached hydrogens (tertiary/aromatic N) is 2. The molecule has 0 aliphatic heterocycles. The number of hydrogen-bond donors (Lipinski definition) is 0. The van der Waals surface area contributed by atoms with Gasteiger partial charge in [0.05, 0.1) is 15.9 Å². The van der Waals surface area contributed by atoms with E-state index in [1.807, 2.05) is 13.8 Å². The van der Waals surface area contributed by atoms with E-state index in [0.717, 1.165) is 22.3 Å². The number of halogens is 2. The highest BCUT2D eigenvalue weighted by Crippen LogP contribution is 2.19. The van der Waals surface area contributed by atoms with E-state index >= 15 is 0 Å². The molecule has 0 aromatic carbocycles. The van der Waals surface area contributed by atoms with Gasteiger partial charge in [-0.15, -0.1) is 0 Å². The molecule has 0 aliphatic rings. The summed E-state index contributed by atoms with van der Waals surface area (Å²) >= 11 is 9.05. The van der Waals surface area contributed by atoms with Crippen molar-refractivity contribution in [3.63, 3.8) is 0 Å². The zero-order chi connectivity index (χ0) is 8.43. The summed E-state index contributed by atoms with van der Waals surface area (Å²) in [5.74, 6) is 0. The third kappa shape index (κ3) is 1.91. The average molecular weight is 236 g/mol. The van der Waals surface area contributed by atoms with Crippen LogP contribution in [0.5, 0.6) is 0 Å². The van der Waals surface area contributed by atoms with Crippen LogP contribution in [-0.4, -0.2) is 9.97 Å². The van der Waals surface area contributed by atoms with Gasteiger partial charge < -0.3 is 0 Å². The van der Waals surface area contributed by atoms with Gasteiger partial charge in [-0.25, -0.2) is 9.97 Å². The first-order chi connectivity index (χ1) is 5.15. The molecular weight excluding hydrogens is 227 g/mol. The maximum absolute atomic E-state index is 5.66. The summed E-state index contributed by atoms with van der Waals surface area (Å²) < 4.78 is 0.962. The maximum Gasteiger partial charge on any atom is 0.222 e. The average Bonchev–Trinajstić information content (AvgIpc) is 1.96. The molecule has 0 amide bonds. The third-order valence-electron chi connectivity index (χ3n) is 1.39. The van der Waals surface area contributed by atoms with Gasteiger partial charge >= 0.3 is 0 Å². The molecule has 1 rings (SSSR count). The minimum atomic E-state index is 0.322. The minimum Gasteiger partial charge on any atom is -0.222 e. The van der Waals surface area contributed by atoms with Crippen LogP contribution in [0.3, 0.4) is 0 Å². The fraction of sp³-hybridized carbons (Fsp3) is 0.429. The second-order valence-electron chi connectivity index (χ2n) is 2.19. The van der Waals surface area contributed by atoms with Crippen molar-refractivity contribution in [3.05, 3.63) is 21.1 Å². The molecule has 0 radical (unpaired) electrons. The molecule has 0 saturated carbocycles. The lowest BCUT2D eigenvalue weighted by Gasteiger charge is -2.02. The zero-order valence-corrected chi connectivity index (χ0v) is 8.70. The van der Waals surface area contributed by atoms with Gasteiger partial charge in [-0.3, -0.25) is 0 Å². The highest BCUT2D eigenvalue weighted by atomic mass is 79.9. The van der Waals surface area contributed by atoms with E-state index < -0.39 is 0 Å². The van der Waals surface area contributed by atoms with Gasteiger partial charge in [0.1, 0.15) is 0 Å². The molecule has 60 valence electrons. The molecule has 2 nitrogen and oxygen atoms in total. The highest BCUT2D eigenvalue weighted by molar-refractivity contribution is 9.10. The number of aryl methyl sites for hydroxylation is 2. The summed E-state index contributed by atoms with van der Waals surface area (Å²) in [4.78, 5) is 8.05. The molecule has 0 unspecified atom stereocenters. The summed E-state index contributed by atoms with van der Waals surface area (Å²) in [6.45, 7) is 3.93. The maximum atomic E-state index is 5.66. The Balaban J connectivity index is 3.24. The molecule has 0 atom stereocenters. The first-order valence-electron chi connectivity index (χ1n) is 3.33. The Morgan fingerprint density at radius 1 is 1.45 bits per heavy atom. The molecule has 0 spiro atoms. The van der Waals surface area contributed by atoms with E-state index in [0.29, 0.717) is 5.28 Å². The first-order valence-corrected chi connectivity index (χ1v) is 4.50. The molecule has 4 heteroatoms. The Morgan fingerprint density at radius 2 is 2.09 bits per heavy atom. The van der Waals surface area contributed by atoms with Crippen LogP contribution in [-0.2, 0) is 6.42 Å². The van der Waals surface area contributed by atoms with Crippen LogP contribution in [0.1, 0.15) is 18.3 Å². The SMILES string of the molecule is CCc1nc(Cl)nc(C)c1Br. The molecule has 0 saturated heterocycles. The van der Waals surface area contributed by atoms with E-state index in [1.165, 1.54) is 0 Å². The normalized spacial score (nSPS) is 10.2. The lowest BCUT2D eigenvalue weighted by atomic mass is 10.3. The Kier molecular flexibility index (Phi) is 2.84. The van der Waals surface area contributed by atoms with Crippen LogP contribution < -0.4 is 0 Å². The standard InChI is InChI=1S/C7H8BrClN2/c1-3-5-6(8)4(2)10-7(9)11-5/h3H2,1-2H3. The molecule has 1 heterocycles. The van der Waals surface area contributed by atoms with E-state index in [4.69, 9.17) is 11.6 Å². The molecule has 0 bridgehead atoms. The van der Waals surface area contributed by atoms with Gasteiger partial charge in [-0.05, 0) is 40.9 Å². The molecule has 0 N–H and O–H groups in total. The molecule has 0 aliphatic carbocycles. The van der Waals surface area contributed by atoms with E-state index in [9.17, 15) is 0 Å². The zero-order valence-electron chi connectivity index (χ0n) is 6.36. The van der Waals surface area contributed by atoms with Crippen molar-refractivity contribution >= 4 is 27.5 Å². The monoisotopic (exact) mass is 234 g/mol. The molecule has 1 aromatic rings. The fourth-order valence-corrected chi connectivity index (χ4v) is 1.50. The van der Waals surface area contributed by atoms with Crippen molar-refractivity contribution in [1.82, 2.24) is 9.97 Å².